The maximum Gasteiger partial charge on any atom is 0.221 e. The minimum absolute atomic E-state index is 0.651. The SMILES string of the molecule is c1ccc([Si]2(c3ccccc3)CCCN2c2cnc3cncnc3n2)cc1. The normalized spacial score (nSPS) is 15.9. The molecule has 5 nitrogen and oxygen atoms in total. The van der Waals surface area contributed by atoms with Gasteiger partial charge in [-0.15, -0.1) is 0 Å². The molecule has 5 rings (SSSR count). The first-order chi connectivity index (χ1) is 13.4. The van der Waals surface area contributed by atoms with E-state index in [2.05, 4.69) is 80.2 Å². The van der Waals surface area contributed by atoms with E-state index in [1.54, 1.807) is 6.20 Å². The number of anilines is 1. The largest absolute Gasteiger partial charge is 0.373 e. The molecule has 6 heteroatoms. The molecule has 1 saturated heterocycles. The van der Waals surface area contributed by atoms with Gasteiger partial charge in [-0.1, -0.05) is 60.7 Å². The molecule has 0 saturated carbocycles. The Morgan fingerprint density at radius 1 is 0.815 bits per heavy atom. The molecular weight excluding hydrogens is 350 g/mol. The first-order valence-corrected chi connectivity index (χ1v) is 11.3. The first kappa shape index (κ1) is 16.1. The van der Waals surface area contributed by atoms with Gasteiger partial charge in [-0.3, -0.25) is 0 Å². The lowest BCUT2D eigenvalue weighted by molar-refractivity contribution is 0.962. The highest BCUT2D eigenvalue weighted by molar-refractivity contribution is 7.05. The van der Waals surface area contributed by atoms with E-state index in [4.69, 9.17) is 4.98 Å². The van der Waals surface area contributed by atoms with Crippen molar-refractivity contribution in [1.82, 2.24) is 19.9 Å². The summed E-state index contributed by atoms with van der Waals surface area (Å²) in [7, 11) is -2.15. The zero-order valence-electron chi connectivity index (χ0n) is 14.9. The van der Waals surface area contributed by atoms with Gasteiger partial charge in [0.05, 0.1) is 12.4 Å². The number of aromatic nitrogens is 4. The van der Waals surface area contributed by atoms with Crippen molar-refractivity contribution >= 4 is 35.6 Å². The Morgan fingerprint density at radius 3 is 2.22 bits per heavy atom. The average molecular weight is 370 g/mol. The highest BCUT2D eigenvalue weighted by Gasteiger charge is 2.47. The summed E-state index contributed by atoms with van der Waals surface area (Å²) in [5.74, 6) is 0.915. The second-order valence-corrected chi connectivity index (χ2v) is 10.7. The lowest BCUT2D eigenvalue weighted by atomic mass is 10.4. The van der Waals surface area contributed by atoms with Crippen LogP contribution >= 0.6 is 0 Å². The van der Waals surface area contributed by atoms with Crippen molar-refractivity contribution < 1.29 is 0 Å². The van der Waals surface area contributed by atoms with Crippen LogP contribution in [0.3, 0.4) is 0 Å². The van der Waals surface area contributed by atoms with Crippen LogP contribution in [0.1, 0.15) is 6.42 Å². The number of nitrogens with zero attached hydrogens (tertiary/aromatic N) is 5. The van der Waals surface area contributed by atoms with E-state index in [0.29, 0.717) is 5.65 Å². The molecule has 132 valence electrons. The van der Waals surface area contributed by atoms with Crippen LogP contribution in [0.5, 0.6) is 0 Å². The van der Waals surface area contributed by atoms with E-state index in [1.165, 1.54) is 22.7 Å². The smallest absolute Gasteiger partial charge is 0.221 e. The van der Waals surface area contributed by atoms with Gasteiger partial charge in [0.25, 0.3) is 0 Å². The van der Waals surface area contributed by atoms with Crippen molar-refractivity contribution in [3.05, 3.63) is 79.4 Å². The predicted octanol–water partition coefficient (Wildman–Crippen LogP) is 2.39. The van der Waals surface area contributed by atoms with Crippen LogP contribution in [0.2, 0.25) is 6.04 Å². The summed E-state index contributed by atoms with van der Waals surface area (Å²) in [6.45, 7) is 0.987. The van der Waals surface area contributed by atoms with E-state index in [-0.39, 0.29) is 0 Å². The van der Waals surface area contributed by atoms with Gasteiger partial charge in [0, 0.05) is 6.54 Å². The summed E-state index contributed by atoms with van der Waals surface area (Å²) in [5.41, 5.74) is 1.38. The summed E-state index contributed by atoms with van der Waals surface area (Å²) in [6, 6.07) is 23.0. The molecule has 0 aliphatic carbocycles. The zero-order chi connectivity index (χ0) is 18.1. The molecule has 1 fully saturated rings. The Hall–Kier alpha value is -3.12. The summed E-state index contributed by atoms with van der Waals surface area (Å²) >= 11 is 0. The molecular formula is C21H19N5Si. The third kappa shape index (κ3) is 2.60. The van der Waals surface area contributed by atoms with Gasteiger partial charge in [-0.05, 0) is 22.8 Å². The standard InChI is InChI=1S/C21H19N5Si/c1-3-8-17(9-4-1)27(18-10-5-2-6-11-18)13-7-12-26(27)20-15-23-19-14-22-16-24-21(19)25-20/h1-6,8-11,14-16H,7,12-13H2. The van der Waals surface area contributed by atoms with Crippen LogP contribution in [0.4, 0.5) is 5.82 Å². The molecule has 0 unspecified atom stereocenters. The van der Waals surface area contributed by atoms with E-state index < -0.39 is 8.24 Å². The van der Waals surface area contributed by atoms with Gasteiger partial charge in [0.15, 0.2) is 5.65 Å². The van der Waals surface area contributed by atoms with E-state index in [0.717, 1.165) is 24.3 Å². The van der Waals surface area contributed by atoms with Gasteiger partial charge >= 0.3 is 0 Å². The topological polar surface area (TPSA) is 54.8 Å². The maximum atomic E-state index is 4.85. The maximum absolute atomic E-state index is 4.85. The summed E-state index contributed by atoms with van der Waals surface area (Å²) in [4.78, 5) is 17.8. The number of hydrogen-bond acceptors (Lipinski definition) is 5. The number of fused-ring (bicyclic) bond motifs is 1. The van der Waals surface area contributed by atoms with Gasteiger partial charge in [0.1, 0.15) is 17.7 Å². The molecule has 0 bridgehead atoms. The second kappa shape index (κ2) is 6.55. The Bertz CT molecular complexity index is 1030. The second-order valence-electron chi connectivity index (χ2n) is 6.81. The van der Waals surface area contributed by atoms with Gasteiger partial charge < -0.3 is 4.57 Å². The van der Waals surface area contributed by atoms with Crippen LogP contribution in [0.25, 0.3) is 11.2 Å². The number of benzene rings is 2. The van der Waals surface area contributed by atoms with Crippen LogP contribution in [-0.4, -0.2) is 34.7 Å². The average Bonchev–Trinajstić information content (AvgIpc) is 3.21. The van der Waals surface area contributed by atoms with Gasteiger partial charge in [-0.2, -0.15) is 0 Å². The molecule has 0 atom stereocenters. The van der Waals surface area contributed by atoms with Crippen LogP contribution in [0.15, 0.2) is 79.4 Å². The molecule has 1 aliphatic rings. The van der Waals surface area contributed by atoms with Crippen molar-refractivity contribution in [2.75, 3.05) is 11.1 Å². The highest BCUT2D eigenvalue weighted by atomic mass is 28.3. The Labute approximate surface area is 158 Å². The lowest BCUT2D eigenvalue weighted by Gasteiger charge is -2.38. The third-order valence-electron chi connectivity index (χ3n) is 5.37. The Kier molecular flexibility index (Phi) is 3.90. The van der Waals surface area contributed by atoms with E-state index in [1.807, 2.05) is 6.20 Å². The molecule has 3 heterocycles. The molecule has 4 aromatic rings. The van der Waals surface area contributed by atoms with E-state index >= 15 is 0 Å². The quantitative estimate of drug-likeness (QED) is 0.519. The predicted molar refractivity (Wildman–Crippen MR) is 110 cm³/mol. The monoisotopic (exact) mass is 369 g/mol. The Balaban J connectivity index is 1.72. The lowest BCUT2D eigenvalue weighted by Crippen LogP contribution is -2.67. The fourth-order valence-corrected chi connectivity index (χ4v) is 9.21. The van der Waals surface area contributed by atoms with Crippen molar-refractivity contribution in [3.8, 4) is 0 Å². The highest BCUT2D eigenvalue weighted by Crippen LogP contribution is 2.30. The number of rotatable bonds is 3. The molecule has 2 aromatic heterocycles. The van der Waals surface area contributed by atoms with Crippen molar-refractivity contribution in [3.63, 3.8) is 0 Å². The van der Waals surface area contributed by atoms with Crippen molar-refractivity contribution in [2.24, 2.45) is 0 Å². The molecule has 0 amide bonds. The summed E-state index contributed by atoms with van der Waals surface area (Å²) in [6.07, 6.45) is 6.27. The fourth-order valence-electron chi connectivity index (χ4n) is 4.21. The molecule has 27 heavy (non-hydrogen) atoms. The number of hydrogen-bond donors (Lipinski definition) is 0. The van der Waals surface area contributed by atoms with Crippen molar-refractivity contribution in [1.29, 1.82) is 0 Å². The molecule has 0 N–H and O–H groups in total. The van der Waals surface area contributed by atoms with Crippen LogP contribution in [-0.2, 0) is 0 Å². The minimum atomic E-state index is -2.15. The van der Waals surface area contributed by atoms with Gasteiger partial charge in [-0.25, -0.2) is 19.9 Å². The fraction of sp³-hybridized carbons (Fsp3) is 0.143. The Morgan fingerprint density at radius 2 is 1.52 bits per heavy atom. The minimum Gasteiger partial charge on any atom is -0.373 e. The molecule has 2 aromatic carbocycles. The van der Waals surface area contributed by atoms with E-state index in [9.17, 15) is 0 Å². The summed E-state index contributed by atoms with van der Waals surface area (Å²) in [5, 5.41) is 2.83. The summed E-state index contributed by atoms with van der Waals surface area (Å²) < 4.78 is 2.52. The molecule has 0 radical (unpaired) electrons. The van der Waals surface area contributed by atoms with Crippen LogP contribution in [0, 0.1) is 0 Å². The zero-order valence-corrected chi connectivity index (χ0v) is 15.9. The van der Waals surface area contributed by atoms with Crippen LogP contribution < -0.4 is 14.9 Å². The third-order valence-corrected chi connectivity index (χ3v) is 10.4. The van der Waals surface area contributed by atoms with Gasteiger partial charge in [0.2, 0.25) is 8.24 Å². The first-order valence-electron chi connectivity index (χ1n) is 9.19. The molecule has 0 spiro atoms. The van der Waals surface area contributed by atoms with Crippen molar-refractivity contribution in [2.45, 2.75) is 12.5 Å². The molecule has 1 aliphatic heterocycles.